The molecule has 0 fully saturated rings. The normalized spacial score (nSPS) is 13.5. The van der Waals surface area contributed by atoms with Crippen molar-refractivity contribution in [1.29, 1.82) is 0 Å². The SMILES string of the molecule is [2H]c1c([2H])c([2H])c(-c2cnc(-n3c4ccccc4c4ccc(Oc5cccc(-n6[c-][n+](-c7c(-c8cccc([Si](c9ccccc9)(c9ccccc9)c9ccccc9)c8)cccc7C(C)(C)C)c7ccccc76)c5)cc43)cc2C([2H])([2H])[2H])c([2H])c1[2H]. The predicted molar refractivity (Wildman–Crippen MR) is 320 cm³/mol. The Morgan fingerprint density at radius 3 is 1.87 bits per heavy atom. The Kier molecular flexibility index (Phi) is 9.85. The summed E-state index contributed by atoms with van der Waals surface area (Å²) in [4.78, 5) is 4.76. The highest BCUT2D eigenvalue weighted by atomic mass is 28.3. The van der Waals surface area contributed by atoms with Gasteiger partial charge in [-0.1, -0.05) is 233 Å². The molecule has 0 spiro atoms. The number of nitrogens with zero attached hydrogens (tertiary/aromatic N) is 4. The lowest BCUT2D eigenvalue weighted by Crippen LogP contribution is -2.74. The second-order valence-electron chi connectivity index (χ2n) is 20.4. The van der Waals surface area contributed by atoms with Gasteiger partial charge in [-0.05, 0) is 103 Å². The van der Waals surface area contributed by atoms with Crippen molar-refractivity contribution in [3.05, 3.63) is 284 Å². The van der Waals surface area contributed by atoms with Gasteiger partial charge in [0.25, 0.3) is 6.33 Å². The van der Waals surface area contributed by atoms with E-state index >= 15 is 0 Å². The van der Waals surface area contributed by atoms with Crippen molar-refractivity contribution < 1.29 is 20.3 Å². The number of imidazole rings is 1. The van der Waals surface area contributed by atoms with E-state index in [2.05, 4.69) is 188 Å². The van der Waals surface area contributed by atoms with E-state index in [1.54, 1.807) is 0 Å². The largest absolute Gasteiger partial charge is 0.458 e. The number of aromatic nitrogens is 4. The highest BCUT2D eigenvalue weighted by molar-refractivity contribution is 7.19. The van der Waals surface area contributed by atoms with Crippen LogP contribution in [0, 0.1) is 13.2 Å². The average molecular weight is 1020 g/mol. The van der Waals surface area contributed by atoms with Crippen molar-refractivity contribution in [3.63, 3.8) is 0 Å². The minimum absolute atomic E-state index is 0.0672. The number of pyridine rings is 1. The van der Waals surface area contributed by atoms with E-state index in [0.717, 1.165) is 55.4 Å². The molecule has 0 bridgehead atoms. The van der Waals surface area contributed by atoms with Crippen LogP contribution in [0.4, 0.5) is 0 Å². The Hall–Kier alpha value is -9.36. The van der Waals surface area contributed by atoms with Gasteiger partial charge in [0.1, 0.15) is 17.3 Å². The fraction of sp³-hybridized carbons (Fsp3) is 0.0704. The molecule has 77 heavy (non-hydrogen) atoms. The molecule has 0 saturated heterocycles. The molecule has 370 valence electrons. The Balaban J connectivity index is 0.919. The lowest BCUT2D eigenvalue weighted by Gasteiger charge is -2.35. The summed E-state index contributed by atoms with van der Waals surface area (Å²) in [5.74, 6) is 1.35. The summed E-state index contributed by atoms with van der Waals surface area (Å²) in [6.07, 6.45) is 5.15. The first-order chi connectivity index (χ1) is 41.0. The average Bonchev–Trinajstić information content (AvgIpc) is 2.13. The van der Waals surface area contributed by atoms with Crippen LogP contribution in [0.1, 0.15) is 42.9 Å². The van der Waals surface area contributed by atoms with Crippen LogP contribution >= 0.6 is 0 Å². The third-order valence-electron chi connectivity index (χ3n) is 14.7. The van der Waals surface area contributed by atoms with Crippen LogP contribution in [-0.4, -0.2) is 22.2 Å². The predicted octanol–water partition coefficient (Wildman–Crippen LogP) is 14.3. The molecule has 3 aromatic heterocycles. The summed E-state index contributed by atoms with van der Waals surface area (Å²) in [5, 5.41) is 6.95. The number of para-hydroxylation sites is 4. The number of hydrogen-bond donors (Lipinski definition) is 0. The zero-order valence-corrected chi connectivity index (χ0v) is 43.7. The first-order valence-corrected chi connectivity index (χ1v) is 27.8. The van der Waals surface area contributed by atoms with Gasteiger partial charge < -0.3 is 4.74 Å². The van der Waals surface area contributed by atoms with Crippen LogP contribution < -0.4 is 30.1 Å². The fourth-order valence-corrected chi connectivity index (χ4v) is 16.1. The van der Waals surface area contributed by atoms with Gasteiger partial charge in [-0.25, -0.2) is 4.98 Å². The number of rotatable bonds is 11. The molecule has 0 aliphatic heterocycles. The fourth-order valence-electron chi connectivity index (χ4n) is 11.3. The zero-order valence-electron chi connectivity index (χ0n) is 50.7. The summed E-state index contributed by atoms with van der Waals surface area (Å²) < 4.78 is 81.0. The highest BCUT2D eigenvalue weighted by Crippen LogP contribution is 2.38. The summed E-state index contributed by atoms with van der Waals surface area (Å²) >= 11 is 0. The first-order valence-electron chi connectivity index (χ1n) is 29.8. The number of ether oxygens (including phenoxy) is 1. The third-order valence-corrected chi connectivity index (χ3v) is 19.5. The number of aryl methyl sites for hydroxylation is 1. The standard InChI is InChI=1S/C71H56N4OSi/c1-50-44-69(72-48-63(50)51-24-9-5-10-25-51)75-65-39-18-17-36-61(65)62-43-42-55(47-68(62)75)76-54-28-22-27-53(46-54)73-49-74(67-41-20-19-40-66(67)73)70-60(37-23-38-64(70)71(2,3)4)52-26-21-35-59(45-52)77(56-29-11-6-12-30-56,57-31-13-7-14-32-57)58-33-15-8-16-34-58/h5-48H,1-4H3/i1D3,5D,9D,10D,24D,25D. The molecule has 5 nitrogen and oxygen atoms in total. The molecule has 0 aliphatic carbocycles. The van der Waals surface area contributed by atoms with Crippen LogP contribution in [0.3, 0.4) is 0 Å². The highest BCUT2D eigenvalue weighted by Gasteiger charge is 2.41. The molecular weight excluding hydrogens is 953 g/mol. The lowest BCUT2D eigenvalue weighted by molar-refractivity contribution is -0.572. The van der Waals surface area contributed by atoms with Crippen molar-refractivity contribution in [3.8, 4) is 50.9 Å². The molecule has 10 aromatic carbocycles. The minimum Gasteiger partial charge on any atom is -0.458 e. The molecule has 13 rings (SSSR count). The van der Waals surface area contributed by atoms with Crippen LogP contribution in [-0.2, 0) is 5.41 Å². The Labute approximate surface area is 462 Å². The summed E-state index contributed by atoms with van der Waals surface area (Å²) in [6, 6.07) is 77.4. The van der Waals surface area contributed by atoms with Gasteiger partial charge in [0.05, 0.1) is 40.3 Å². The molecule has 0 unspecified atom stereocenters. The molecule has 0 radical (unpaired) electrons. The van der Waals surface area contributed by atoms with Crippen LogP contribution in [0.25, 0.3) is 72.3 Å². The van der Waals surface area contributed by atoms with Gasteiger partial charge in [0, 0.05) is 32.7 Å². The van der Waals surface area contributed by atoms with Gasteiger partial charge in [0.2, 0.25) is 0 Å². The summed E-state index contributed by atoms with van der Waals surface area (Å²) in [7, 11) is -2.88. The van der Waals surface area contributed by atoms with Crippen molar-refractivity contribution in [2.75, 3.05) is 0 Å². The maximum atomic E-state index is 8.68. The minimum atomic E-state index is -2.88. The Morgan fingerprint density at radius 1 is 0.532 bits per heavy atom. The number of fused-ring (bicyclic) bond motifs is 4. The van der Waals surface area contributed by atoms with Crippen molar-refractivity contribution in [2.45, 2.75) is 33.0 Å². The Morgan fingerprint density at radius 2 is 1.16 bits per heavy atom. The monoisotopic (exact) mass is 1020 g/mol. The van der Waals surface area contributed by atoms with Crippen LogP contribution in [0.2, 0.25) is 0 Å². The van der Waals surface area contributed by atoms with Crippen molar-refractivity contribution in [1.82, 2.24) is 14.1 Å². The lowest BCUT2D eigenvalue weighted by atomic mass is 9.83. The van der Waals surface area contributed by atoms with E-state index in [4.69, 9.17) is 20.7 Å². The van der Waals surface area contributed by atoms with E-state index < -0.39 is 45.1 Å². The van der Waals surface area contributed by atoms with Gasteiger partial charge in [-0.15, -0.1) is 0 Å². The molecule has 0 amide bonds. The summed E-state index contributed by atoms with van der Waals surface area (Å²) in [6.45, 7) is 4.03. The molecule has 3 heterocycles. The molecule has 0 N–H and O–H groups in total. The molecule has 6 heteroatoms. The molecule has 13 aromatic rings. The van der Waals surface area contributed by atoms with E-state index in [0.29, 0.717) is 17.0 Å². The first kappa shape index (κ1) is 39.1. The maximum Gasteiger partial charge on any atom is 0.269 e. The van der Waals surface area contributed by atoms with Crippen LogP contribution in [0.15, 0.2) is 267 Å². The van der Waals surface area contributed by atoms with Gasteiger partial charge in [-0.2, -0.15) is 0 Å². The second kappa shape index (κ2) is 19.4. The smallest absolute Gasteiger partial charge is 0.269 e. The van der Waals surface area contributed by atoms with E-state index in [1.807, 2.05) is 77.4 Å². The molecule has 0 aliphatic rings. The number of benzene rings is 10. The molecule has 0 saturated carbocycles. The maximum absolute atomic E-state index is 8.68. The quantitative estimate of drug-likeness (QED) is 0.0560. The third kappa shape index (κ3) is 8.35. The van der Waals surface area contributed by atoms with Gasteiger partial charge in [-0.3, -0.25) is 13.7 Å². The van der Waals surface area contributed by atoms with E-state index in [9.17, 15) is 0 Å². The van der Waals surface area contributed by atoms with Crippen molar-refractivity contribution >= 4 is 61.7 Å². The van der Waals surface area contributed by atoms with E-state index in [1.165, 1.54) is 33.0 Å². The zero-order chi connectivity index (χ0) is 58.9. The second-order valence-corrected chi connectivity index (χ2v) is 24.2. The molecular formula is C71H56N4OSi. The Bertz CT molecular complexity index is 4600. The van der Waals surface area contributed by atoms with Crippen LogP contribution in [0.5, 0.6) is 11.5 Å². The topological polar surface area (TPSA) is 35.9 Å². The van der Waals surface area contributed by atoms with Gasteiger partial charge >= 0.3 is 0 Å². The number of hydrogen-bond acceptors (Lipinski definition) is 2. The van der Waals surface area contributed by atoms with Gasteiger partial charge in [0.15, 0.2) is 8.07 Å². The van der Waals surface area contributed by atoms with E-state index in [-0.39, 0.29) is 27.9 Å². The van der Waals surface area contributed by atoms with Crippen molar-refractivity contribution in [2.24, 2.45) is 0 Å². The summed E-state index contributed by atoms with van der Waals surface area (Å²) in [5.41, 5.74) is 7.79. The molecule has 0 atom stereocenters.